The van der Waals surface area contributed by atoms with Crippen LogP contribution in [0.4, 0.5) is 5.69 Å². The lowest BCUT2D eigenvalue weighted by molar-refractivity contribution is 0.104. The van der Waals surface area contributed by atoms with Crippen molar-refractivity contribution in [2.24, 2.45) is 0 Å². The van der Waals surface area contributed by atoms with Crippen molar-refractivity contribution < 1.29 is 27.4 Å². The summed E-state index contributed by atoms with van der Waals surface area (Å²) in [4.78, 5) is 15.0. The van der Waals surface area contributed by atoms with E-state index in [1.54, 1.807) is 75.9 Å². The first-order valence-corrected chi connectivity index (χ1v) is 13.2. The number of piperazine rings is 1. The van der Waals surface area contributed by atoms with Gasteiger partial charge in [-0.05, 0) is 72.3 Å². The molecule has 4 rings (SSSR count). The van der Waals surface area contributed by atoms with E-state index in [1.807, 2.05) is 18.2 Å². The minimum absolute atomic E-state index is 0.114. The zero-order valence-corrected chi connectivity index (χ0v) is 21.9. The maximum absolute atomic E-state index is 13.0. The second-order valence-corrected chi connectivity index (χ2v) is 10.4. The highest BCUT2D eigenvalue weighted by Gasteiger charge is 2.28. The topological polar surface area (TPSA) is 85.4 Å². The van der Waals surface area contributed by atoms with Gasteiger partial charge in [0.15, 0.2) is 17.3 Å². The van der Waals surface area contributed by atoms with Crippen molar-refractivity contribution in [2.45, 2.75) is 4.90 Å². The lowest BCUT2D eigenvalue weighted by atomic mass is 10.1. The van der Waals surface area contributed by atoms with Crippen molar-refractivity contribution in [3.05, 3.63) is 83.9 Å². The summed E-state index contributed by atoms with van der Waals surface area (Å²) in [6, 6.07) is 19.2. The van der Waals surface area contributed by atoms with E-state index < -0.39 is 10.0 Å². The number of carbonyl (C=O) groups is 1. The summed E-state index contributed by atoms with van der Waals surface area (Å²) in [5.74, 6) is 1.72. The Hall–Kier alpha value is -3.82. The van der Waals surface area contributed by atoms with E-state index in [9.17, 15) is 13.2 Å². The lowest BCUT2D eigenvalue weighted by Gasteiger charge is -2.35. The Labute approximate surface area is 217 Å². The average Bonchev–Trinajstić information content (AvgIpc) is 2.95. The van der Waals surface area contributed by atoms with E-state index in [-0.39, 0.29) is 10.7 Å². The number of hydrogen-bond acceptors (Lipinski definition) is 7. The summed E-state index contributed by atoms with van der Waals surface area (Å²) in [7, 11) is 1.12. The highest BCUT2D eigenvalue weighted by Crippen LogP contribution is 2.28. The molecule has 0 aliphatic carbocycles. The molecule has 1 fully saturated rings. The Bertz CT molecular complexity index is 1360. The van der Waals surface area contributed by atoms with Crippen LogP contribution >= 0.6 is 0 Å². The molecule has 0 atom stereocenters. The minimum Gasteiger partial charge on any atom is -0.497 e. The number of methoxy groups -OCH3 is 3. The summed E-state index contributed by atoms with van der Waals surface area (Å²) in [5, 5.41) is 0. The highest BCUT2D eigenvalue weighted by atomic mass is 32.2. The van der Waals surface area contributed by atoms with Gasteiger partial charge in [0.25, 0.3) is 0 Å². The number of benzene rings is 3. The van der Waals surface area contributed by atoms with E-state index >= 15 is 0 Å². The quantitative estimate of drug-likeness (QED) is 0.309. The normalized spacial score (nSPS) is 14.5. The molecule has 3 aromatic carbocycles. The molecule has 1 aliphatic heterocycles. The first-order chi connectivity index (χ1) is 17.8. The van der Waals surface area contributed by atoms with Gasteiger partial charge in [-0.3, -0.25) is 4.79 Å². The van der Waals surface area contributed by atoms with Gasteiger partial charge in [0.2, 0.25) is 10.0 Å². The maximum atomic E-state index is 13.0. The van der Waals surface area contributed by atoms with Gasteiger partial charge in [-0.1, -0.05) is 12.1 Å². The molecule has 37 heavy (non-hydrogen) atoms. The largest absolute Gasteiger partial charge is 0.497 e. The highest BCUT2D eigenvalue weighted by molar-refractivity contribution is 7.89. The fourth-order valence-corrected chi connectivity index (χ4v) is 5.57. The number of sulfonamides is 1. The van der Waals surface area contributed by atoms with Crippen LogP contribution in [-0.2, 0) is 10.0 Å². The van der Waals surface area contributed by atoms with Crippen LogP contribution < -0.4 is 19.1 Å². The lowest BCUT2D eigenvalue weighted by Crippen LogP contribution is -2.48. The molecule has 0 radical (unpaired) electrons. The summed E-state index contributed by atoms with van der Waals surface area (Å²) < 4.78 is 43.1. The van der Waals surface area contributed by atoms with Crippen LogP contribution in [-0.4, -0.2) is 66.0 Å². The standard InChI is InChI=1S/C28H30N2O6S/c1-34-24-10-12-25(13-11-24)37(32,33)30-18-16-29(17-19-30)23-8-6-22(7-9-23)26(31)14-4-21-5-15-27(35-2)28(20-21)36-3/h4-15,20H,16-19H2,1-3H3/b14-4+. The smallest absolute Gasteiger partial charge is 0.243 e. The Balaban J connectivity index is 1.36. The number of rotatable bonds is 9. The van der Waals surface area contributed by atoms with Gasteiger partial charge in [-0.25, -0.2) is 8.42 Å². The maximum Gasteiger partial charge on any atom is 0.243 e. The molecule has 0 bridgehead atoms. The fourth-order valence-electron chi connectivity index (χ4n) is 4.14. The molecule has 1 heterocycles. The van der Waals surface area contributed by atoms with Gasteiger partial charge in [0.05, 0.1) is 26.2 Å². The zero-order valence-electron chi connectivity index (χ0n) is 21.1. The third kappa shape index (κ3) is 5.95. The molecule has 0 saturated carbocycles. The summed E-state index contributed by atoms with van der Waals surface area (Å²) in [6.07, 6.45) is 3.26. The van der Waals surface area contributed by atoms with Crippen LogP contribution in [0.3, 0.4) is 0 Å². The first kappa shape index (κ1) is 26.2. The van der Waals surface area contributed by atoms with E-state index in [2.05, 4.69) is 4.90 Å². The van der Waals surface area contributed by atoms with Gasteiger partial charge in [-0.2, -0.15) is 4.31 Å². The van der Waals surface area contributed by atoms with Crippen LogP contribution in [0.5, 0.6) is 17.2 Å². The van der Waals surface area contributed by atoms with Crippen LogP contribution in [0.15, 0.2) is 77.7 Å². The molecule has 1 aliphatic rings. The molecule has 194 valence electrons. The number of allylic oxidation sites excluding steroid dienone is 1. The molecule has 0 aromatic heterocycles. The number of anilines is 1. The molecular formula is C28H30N2O6S. The van der Waals surface area contributed by atoms with Crippen LogP contribution in [0.1, 0.15) is 15.9 Å². The SMILES string of the molecule is COc1ccc(S(=O)(=O)N2CCN(c3ccc(C(=O)/C=C/c4ccc(OC)c(OC)c4)cc3)CC2)cc1. The second-order valence-electron chi connectivity index (χ2n) is 8.43. The summed E-state index contributed by atoms with van der Waals surface area (Å²) in [6.45, 7) is 1.87. The number of ether oxygens (including phenoxy) is 3. The van der Waals surface area contributed by atoms with E-state index in [0.717, 1.165) is 11.3 Å². The molecule has 0 N–H and O–H groups in total. The molecule has 9 heteroatoms. The van der Waals surface area contributed by atoms with Crippen LogP contribution in [0, 0.1) is 0 Å². The van der Waals surface area contributed by atoms with E-state index in [1.165, 1.54) is 10.4 Å². The monoisotopic (exact) mass is 522 g/mol. The van der Waals surface area contributed by atoms with Crippen molar-refractivity contribution in [3.8, 4) is 17.2 Å². The van der Waals surface area contributed by atoms with Gasteiger partial charge in [0.1, 0.15) is 5.75 Å². The number of hydrogen-bond donors (Lipinski definition) is 0. The summed E-state index contributed by atoms with van der Waals surface area (Å²) >= 11 is 0. The fraction of sp³-hybridized carbons (Fsp3) is 0.250. The Morgan fingerprint density at radius 2 is 1.43 bits per heavy atom. The predicted octanol–water partition coefficient (Wildman–Crippen LogP) is 4.12. The van der Waals surface area contributed by atoms with Gasteiger partial charge in [-0.15, -0.1) is 0 Å². The van der Waals surface area contributed by atoms with Crippen molar-refractivity contribution in [1.29, 1.82) is 0 Å². The third-order valence-corrected chi connectivity index (χ3v) is 8.20. The molecule has 8 nitrogen and oxygen atoms in total. The van der Waals surface area contributed by atoms with Crippen molar-refractivity contribution in [2.75, 3.05) is 52.4 Å². The van der Waals surface area contributed by atoms with Crippen molar-refractivity contribution >= 4 is 27.6 Å². The minimum atomic E-state index is -3.56. The Morgan fingerprint density at radius 3 is 2.03 bits per heavy atom. The van der Waals surface area contributed by atoms with Crippen molar-refractivity contribution in [3.63, 3.8) is 0 Å². The Morgan fingerprint density at radius 1 is 0.784 bits per heavy atom. The molecule has 1 saturated heterocycles. The van der Waals surface area contributed by atoms with Crippen LogP contribution in [0.2, 0.25) is 0 Å². The summed E-state index contributed by atoms with van der Waals surface area (Å²) in [5.41, 5.74) is 2.34. The van der Waals surface area contributed by atoms with E-state index in [0.29, 0.717) is 49.0 Å². The van der Waals surface area contributed by atoms with Crippen molar-refractivity contribution in [1.82, 2.24) is 4.31 Å². The number of carbonyl (C=O) groups excluding carboxylic acids is 1. The molecular weight excluding hydrogens is 492 g/mol. The van der Waals surface area contributed by atoms with Gasteiger partial charge >= 0.3 is 0 Å². The molecule has 0 amide bonds. The Kier molecular flexibility index (Phi) is 8.15. The average molecular weight is 523 g/mol. The number of nitrogens with zero attached hydrogens (tertiary/aromatic N) is 2. The van der Waals surface area contributed by atoms with E-state index in [4.69, 9.17) is 14.2 Å². The van der Waals surface area contributed by atoms with Gasteiger partial charge < -0.3 is 19.1 Å². The van der Waals surface area contributed by atoms with Gasteiger partial charge in [0, 0.05) is 37.4 Å². The first-order valence-electron chi connectivity index (χ1n) is 11.8. The zero-order chi connectivity index (χ0) is 26.4. The number of ketones is 1. The second kappa shape index (κ2) is 11.5. The molecule has 0 unspecified atom stereocenters. The predicted molar refractivity (Wildman–Crippen MR) is 143 cm³/mol. The third-order valence-electron chi connectivity index (χ3n) is 6.29. The van der Waals surface area contributed by atoms with Crippen LogP contribution in [0.25, 0.3) is 6.08 Å². The molecule has 3 aromatic rings. The molecule has 0 spiro atoms.